The van der Waals surface area contributed by atoms with E-state index < -0.39 is 16.1 Å². The second-order valence-electron chi connectivity index (χ2n) is 9.99. The van der Waals surface area contributed by atoms with Gasteiger partial charge in [0.05, 0.1) is 18.8 Å². The van der Waals surface area contributed by atoms with Gasteiger partial charge in [0.2, 0.25) is 15.9 Å². The molecule has 4 rings (SSSR count). The van der Waals surface area contributed by atoms with Gasteiger partial charge in [0, 0.05) is 25.7 Å². The number of hydrogen-bond acceptors (Lipinski definition) is 4. The number of amides is 2. The molecule has 1 spiro atoms. The molecule has 1 N–H and O–H groups in total. The lowest BCUT2D eigenvalue weighted by atomic mass is 9.59. The average molecular weight is 464 g/mol. The minimum Gasteiger partial charge on any atom is -0.465 e. The predicted octanol–water partition coefficient (Wildman–Crippen LogP) is 2.88. The summed E-state index contributed by atoms with van der Waals surface area (Å²) in [5.41, 5.74) is 2.24. The highest BCUT2D eigenvalue weighted by molar-refractivity contribution is 7.88. The lowest BCUT2D eigenvalue weighted by Gasteiger charge is -2.57. The lowest BCUT2D eigenvalue weighted by molar-refractivity contribution is -0.150. The monoisotopic (exact) mass is 463 g/mol. The fraction of sp³-hybridized carbons (Fsp3) is 0.652. The molecule has 32 heavy (non-hydrogen) atoms. The van der Waals surface area contributed by atoms with Crippen molar-refractivity contribution >= 4 is 22.0 Å². The summed E-state index contributed by atoms with van der Waals surface area (Å²) in [5.74, 6) is 0.109. The number of carboxylic acid groups (broad SMARTS) is 1. The maximum absolute atomic E-state index is 13.3. The quantitative estimate of drug-likeness (QED) is 0.740. The summed E-state index contributed by atoms with van der Waals surface area (Å²) < 4.78 is 25.9. The molecule has 2 saturated heterocycles. The number of sulfonamides is 1. The Morgan fingerprint density at radius 3 is 2.34 bits per heavy atom. The van der Waals surface area contributed by atoms with Crippen molar-refractivity contribution in [3.8, 4) is 0 Å². The van der Waals surface area contributed by atoms with Gasteiger partial charge in [-0.05, 0) is 48.1 Å². The van der Waals surface area contributed by atoms with Gasteiger partial charge in [-0.25, -0.2) is 13.2 Å². The van der Waals surface area contributed by atoms with Crippen LogP contribution in [0, 0.1) is 5.41 Å². The third-order valence-electron chi connectivity index (χ3n) is 7.58. The number of piperazine rings is 1. The molecule has 1 aromatic rings. The molecular formula is C23H33N3O5S. The standard InChI is InChI=1S/C23H33N3O5S/c1-16(2)18-6-4-5-7-19(18)20-14-25(32(3,30)31)15-21(27)26(20)17-12-23(13-17)8-10-24(11-9-23)22(28)29/h4-7,16-17,20H,8-15H2,1-3H3,(H,28,29). The average Bonchev–Trinajstić information content (AvgIpc) is 2.71. The van der Waals surface area contributed by atoms with E-state index in [1.54, 1.807) is 0 Å². The first-order valence-corrected chi connectivity index (χ1v) is 13.2. The van der Waals surface area contributed by atoms with E-state index >= 15 is 0 Å². The van der Waals surface area contributed by atoms with Gasteiger partial charge in [-0.2, -0.15) is 4.31 Å². The summed E-state index contributed by atoms with van der Waals surface area (Å²) in [5, 5.41) is 9.23. The van der Waals surface area contributed by atoms with Crippen LogP contribution < -0.4 is 0 Å². The molecule has 2 heterocycles. The minimum absolute atomic E-state index is 0.0609. The van der Waals surface area contributed by atoms with Gasteiger partial charge in [0.15, 0.2) is 0 Å². The molecule has 3 aliphatic rings. The van der Waals surface area contributed by atoms with E-state index in [2.05, 4.69) is 19.9 Å². The van der Waals surface area contributed by atoms with Crippen molar-refractivity contribution in [3.63, 3.8) is 0 Å². The number of carbonyl (C=O) groups excluding carboxylic acids is 1. The molecule has 1 aliphatic carbocycles. The second-order valence-corrected chi connectivity index (χ2v) is 12.0. The van der Waals surface area contributed by atoms with Crippen LogP contribution in [0.1, 0.15) is 62.6 Å². The van der Waals surface area contributed by atoms with Crippen LogP contribution in [0.25, 0.3) is 0 Å². The molecule has 3 fully saturated rings. The molecule has 1 atom stereocenters. The van der Waals surface area contributed by atoms with E-state index in [0.717, 1.165) is 43.1 Å². The molecule has 1 saturated carbocycles. The molecule has 0 radical (unpaired) electrons. The number of rotatable bonds is 4. The van der Waals surface area contributed by atoms with Gasteiger partial charge < -0.3 is 14.9 Å². The largest absolute Gasteiger partial charge is 0.465 e. The van der Waals surface area contributed by atoms with Gasteiger partial charge in [-0.15, -0.1) is 0 Å². The van der Waals surface area contributed by atoms with Crippen molar-refractivity contribution in [1.82, 2.24) is 14.1 Å². The Hall–Kier alpha value is -2.13. The summed E-state index contributed by atoms with van der Waals surface area (Å²) in [6, 6.07) is 7.76. The van der Waals surface area contributed by atoms with Crippen molar-refractivity contribution in [2.24, 2.45) is 5.41 Å². The lowest BCUT2D eigenvalue weighted by Crippen LogP contribution is -2.62. The first kappa shape index (κ1) is 23.0. The van der Waals surface area contributed by atoms with Crippen LogP contribution in [0.15, 0.2) is 24.3 Å². The summed E-state index contributed by atoms with van der Waals surface area (Å²) in [4.78, 5) is 28.0. The van der Waals surface area contributed by atoms with Crippen LogP contribution in [0.4, 0.5) is 4.79 Å². The smallest absolute Gasteiger partial charge is 0.407 e. The third kappa shape index (κ3) is 4.24. The number of hydrogen-bond donors (Lipinski definition) is 1. The molecule has 0 aromatic heterocycles. The molecule has 1 unspecified atom stereocenters. The summed E-state index contributed by atoms with van der Waals surface area (Å²) in [6.07, 6.45) is 3.64. The van der Waals surface area contributed by atoms with Crippen molar-refractivity contribution in [2.75, 3.05) is 32.4 Å². The summed E-state index contributed by atoms with van der Waals surface area (Å²) >= 11 is 0. The van der Waals surface area contributed by atoms with E-state index in [1.165, 1.54) is 9.21 Å². The number of piperidine rings is 1. The molecule has 9 heteroatoms. The predicted molar refractivity (Wildman–Crippen MR) is 121 cm³/mol. The van der Waals surface area contributed by atoms with Gasteiger partial charge in [0.1, 0.15) is 0 Å². The molecule has 0 bridgehead atoms. The van der Waals surface area contributed by atoms with Gasteiger partial charge in [-0.3, -0.25) is 4.79 Å². The summed E-state index contributed by atoms with van der Waals surface area (Å²) in [7, 11) is -3.49. The van der Waals surface area contributed by atoms with Crippen LogP contribution in [-0.2, 0) is 14.8 Å². The van der Waals surface area contributed by atoms with Crippen molar-refractivity contribution in [1.29, 1.82) is 0 Å². The van der Waals surface area contributed by atoms with Crippen LogP contribution in [-0.4, -0.2) is 78.1 Å². The molecule has 8 nitrogen and oxygen atoms in total. The topological polar surface area (TPSA) is 98.2 Å². The Labute approximate surface area is 190 Å². The third-order valence-corrected chi connectivity index (χ3v) is 8.80. The van der Waals surface area contributed by atoms with Gasteiger partial charge >= 0.3 is 6.09 Å². The number of carbonyl (C=O) groups is 2. The fourth-order valence-corrected chi connectivity index (χ4v) is 6.52. The van der Waals surface area contributed by atoms with E-state index in [-0.39, 0.29) is 42.4 Å². The zero-order valence-corrected chi connectivity index (χ0v) is 19.8. The Balaban J connectivity index is 1.59. The van der Waals surface area contributed by atoms with Crippen molar-refractivity contribution < 1.29 is 23.1 Å². The van der Waals surface area contributed by atoms with E-state index in [1.807, 2.05) is 23.1 Å². The molecular weight excluding hydrogens is 430 g/mol. The number of likely N-dealkylation sites (tertiary alicyclic amines) is 1. The van der Waals surface area contributed by atoms with Crippen LogP contribution in [0.5, 0.6) is 0 Å². The van der Waals surface area contributed by atoms with E-state index in [9.17, 15) is 23.1 Å². The van der Waals surface area contributed by atoms with E-state index in [0.29, 0.717) is 13.1 Å². The van der Waals surface area contributed by atoms with Gasteiger partial charge in [0.25, 0.3) is 0 Å². The molecule has 2 aliphatic heterocycles. The highest BCUT2D eigenvalue weighted by Gasteiger charge is 2.52. The number of nitrogens with zero attached hydrogens (tertiary/aromatic N) is 3. The van der Waals surface area contributed by atoms with Crippen LogP contribution in [0.3, 0.4) is 0 Å². The Morgan fingerprint density at radius 2 is 1.78 bits per heavy atom. The van der Waals surface area contributed by atoms with Crippen molar-refractivity contribution in [3.05, 3.63) is 35.4 Å². The zero-order valence-electron chi connectivity index (χ0n) is 19.0. The number of benzene rings is 1. The van der Waals surface area contributed by atoms with Gasteiger partial charge in [-0.1, -0.05) is 38.1 Å². The van der Waals surface area contributed by atoms with E-state index in [4.69, 9.17) is 0 Å². The Kier molecular flexibility index (Phi) is 6.00. The fourth-order valence-electron chi connectivity index (χ4n) is 5.77. The van der Waals surface area contributed by atoms with Crippen LogP contribution in [0.2, 0.25) is 0 Å². The molecule has 2 amide bonds. The zero-order chi connectivity index (χ0) is 23.3. The Morgan fingerprint density at radius 1 is 1.16 bits per heavy atom. The highest BCUT2D eigenvalue weighted by Crippen LogP contribution is 2.53. The molecule has 176 valence electrons. The second kappa shape index (κ2) is 8.33. The molecule has 1 aromatic carbocycles. The van der Waals surface area contributed by atoms with Crippen molar-refractivity contribution in [2.45, 2.75) is 57.5 Å². The highest BCUT2D eigenvalue weighted by atomic mass is 32.2. The first-order chi connectivity index (χ1) is 15.0. The maximum atomic E-state index is 13.3. The Bertz CT molecular complexity index is 993. The normalized spacial score (nSPS) is 24.8. The summed E-state index contributed by atoms with van der Waals surface area (Å²) in [6.45, 7) is 5.45. The minimum atomic E-state index is -3.49. The SMILES string of the molecule is CC(C)c1ccccc1C1CN(S(C)(=O)=O)CC(=O)N1C1CC2(CCN(C(=O)O)CC2)C1. The first-order valence-electron chi connectivity index (χ1n) is 11.3. The maximum Gasteiger partial charge on any atom is 0.407 e. The van der Waals surface area contributed by atoms with Crippen LogP contribution >= 0.6 is 0 Å².